The maximum Gasteiger partial charge on any atom is 0.285 e. The Labute approximate surface area is 124 Å². The van der Waals surface area contributed by atoms with Crippen molar-refractivity contribution in [3.05, 3.63) is 24.3 Å². The van der Waals surface area contributed by atoms with Crippen molar-refractivity contribution in [1.82, 2.24) is 0 Å². The molecule has 0 aliphatic carbocycles. The van der Waals surface area contributed by atoms with Crippen LogP contribution in [0.25, 0.3) is 0 Å². The zero-order chi connectivity index (χ0) is 14.8. The molecule has 3 rings (SSSR count). The summed E-state index contributed by atoms with van der Waals surface area (Å²) in [5.74, 6) is -0.0721. The topological polar surface area (TPSA) is 53.9 Å². The number of para-hydroxylation sites is 2. The Balaban J connectivity index is 1.82. The predicted molar refractivity (Wildman–Crippen MR) is 81.4 cm³/mol. The van der Waals surface area contributed by atoms with E-state index in [1.165, 1.54) is 24.2 Å². The van der Waals surface area contributed by atoms with Gasteiger partial charge in [0.2, 0.25) is 5.91 Å². The van der Waals surface area contributed by atoms with Crippen molar-refractivity contribution in [2.24, 2.45) is 0 Å². The molecule has 5 nitrogen and oxygen atoms in total. The first kappa shape index (κ1) is 14.1. The van der Waals surface area contributed by atoms with Gasteiger partial charge in [-0.25, -0.2) is 0 Å². The molecule has 0 saturated carbocycles. The summed E-state index contributed by atoms with van der Waals surface area (Å²) in [6, 6.07) is 7.40. The number of nitrogens with one attached hydrogen (secondary N) is 2. The third-order valence-corrected chi connectivity index (χ3v) is 4.52. The zero-order valence-corrected chi connectivity index (χ0v) is 12.4. The number of piperidine rings is 1. The third-order valence-electron chi connectivity index (χ3n) is 4.52. The molecule has 2 N–H and O–H groups in total. The van der Waals surface area contributed by atoms with Gasteiger partial charge in [0, 0.05) is 0 Å². The third kappa shape index (κ3) is 2.78. The van der Waals surface area contributed by atoms with Crippen LogP contribution in [0.5, 0.6) is 0 Å². The number of carbonyl (C=O) groups is 2. The summed E-state index contributed by atoms with van der Waals surface area (Å²) in [5, 5.41) is 2.82. The minimum Gasteiger partial charge on any atom is -0.325 e. The number of carbonyl (C=O) groups excluding carboxylic acids is 2. The van der Waals surface area contributed by atoms with Crippen LogP contribution in [0.3, 0.4) is 0 Å². The fourth-order valence-electron chi connectivity index (χ4n) is 3.28. The summed E-state index contributed by atoms with van der Waals surface area (Å²) in [6.45, 7) is 4.20. The molecule has 2 aliphatic heterocycles. The number of quaternary nitrogens is 1. The maximum absolute atomic E-state index is 12.8. The van der Waals surface area contributed by atoms with Crippen LogP contribution in [0.1, 0.15) is 26.2 Å². The quantitative estimate of drug-likeness (QED) is 0.829. The highest BCUT2D eigenvalue weighted by molar-refractivity contribution is 6.10. The second-order valence-electron chi connectivity index (χ2n) is 5.93. The lowest BCUT2D eigenvalue weighted by Crippen LogP contribution is -3.17. The lowest BCUT2D eigenvalue weighted by molar-refractivity contribution is -0.918. The molecule has 0 aromatic heterocycles. The molecule has 112 valence electrons. The van der Waals surface area contributed by atoms with Gasteiger partial charge in [-0.3, -0.25) is 14.5 Å². The average molecular weight is 288 g/mol. The molecule has 2 amide bonds. The SMILES string of the molecule is C[C@H](C(=O)N1CC(=O)Nc2ccccc21)[NH+]1CCCCC1. The second kappa shape index (κ2) is 5.85. The van der Waals surface area contributed by atoms with Crippen LogP contribution in [0, 0.1) is 0 Å². The second-order valence-corrected chi connectivity index (χ2v) is 5.93. The van der Waals surface area contributed by atoms with Crippen molar-refractivity contribution in [1.29, 1.82) is 0 Å². The van der Waals surface area contributed by atoms with Gasteiger partial charge in [0.15, 0.2) is 6.04 Å². The van der Waals surface area contributed by atoms with E-state index in [2.05, 4.69) is 5.32 Å². The highest BCUT2D eigenvalue weighted by Gasteiger charge is 2.34. The lowest BCUT2D eigenvalue weighted by atomic mass is 10.1. The van der Waals surface area contributed by atoms with E-state index >= 15 is 0 Å². The predicted octanol–water partition coefficient (Wildman–Crippen LogP) is 0.429. The summed E-state index contributed by atoms with van der Waals surface area (Å²) in [4.78, 5) is 27.6. The first-order valence-corrected chi connectivity index (χ1v) is 7.71. The van der Waals surface area contributed by atoms with E-state index in [1.54, 1.807) is 4.90 Å². The Morgan fingerprint density at radius 1 is 1.24 bits per heavy atom. The van der Waals surface area contributed by atoms with Crippen LogP contribution in [0.4, 0.5) is 11.4 Å². The van der Waals surface area contributed by atoms with Crippen LogP contribution in [-0.4, -0.2) is 37.5 Å². The van der Waals surface area contributed by atoms with Crippen molar-refractivity contribution in [2.45, 2.75) is 32.2 Å². The maximum atomic E-state index is 12.8. The van der Waals surface area contributed by atoms with E-state index in [0.29, 0.717) is 0 Å². The Kier molecular flexibility index (Phi) is 3.92. The number of benzene rings is 1. The first-order chi connectivity index (χ1) is 10.2. The molecule has 2 aliphatic rings. The highest BCUT2D eigenvalue weighted by atomic mass is 16.2. The molecule has 1 atom stereocenters. The van der Waals surface area contributed by atoms with Gasteiger partial charge in [-0.2, -0.15) is 0 Å². The summed E-state index contributed by atoms with van der Waals surface area (Å²) in [7, 11) is 0. The van der Waals surface area contributed by atoms with Crippen LogP contribution in [0.15, 0.2) is 24.3 Å². The minimum atomic E-state index is -0.122. The molecule has 21 heavy (non-hydrogen) atoms. The number of anilines is 2. The number of amides is 2. The van der Waals surface area contributed by atoms with E-state index in [-0.39, 0.29) is 24.4 Å². The van der Waals surface area contributed by atoms with Gasteiger partial charge in [-0.05, 0) is 38.3 Å². The first-order valence-electron chi connectivity index (χ1n) is 7.71. The molecular weight excluding hydrogens is 266 g/mol. The van der Waals surface area contributed by atoms with E-state index in [1.807, 2.05) is 31.2 Å². The van der Waals surface area contributed by atoms with Gasteiger partial charge in [-0.1, -0.05) is 12.1 Å². The number of nitrogens with zero attached hydrogens (tertiary/aromatic N) is 1. The fraction of sp³-hybridized carbons (Fsp3) is 0.500. The van der Waals surface area contributed by atoms with E-state index < -0.39 is 0 Å². The van der Waals surface area contributed by atoms with E-state index in [9.17, 15) is 9.59 Å². The molecular formula is C16H22N3O2+. The molecule has 0 spiro atoms. The number of rotatable bonds is 2. The Morgan fingerprint density at radius 3 is 2.71 bits per heavy atom. The van der Waals surface area contributed by atoms with Gasteiger partial charge in [0.25, 0.3) is 5.91 Å². The van der Waals surface area contributed by atoms with Crippen molar-refractivity contribution in [2.75, 3.05) is 29.9 Å². The highest BCUT2D eigenvalue weighted by Crippen LogP contribution is 2.29. The van der Waals surface area contributed by atoms with E-state index in [0.717, 1.165) is 24.5 Å². The molecule has 0 bridgehead atoms. The number of fused-ring (bicyclic) bond motifs is 1. The summed E-state index contributed by atoms with van der Waals surface area (Å²) < 4.78 is 0. The molecule has 1 aromatic carbocycles. The summed E-state index contributed by atoms with van der Waals surface area (Å²) in [6.07, 6.45) is 3.63. The van der Waals surface area contributed by atoms with Crippen molar-refractivity contribution < 1.29 is 14.5 Å². The van der Waals surface area contributed by atoms with Crippen LogP contribution >= 0.6 is 0 Å². The summed E-state index contributed by atoms with van der Waals surface area (Å²) >= 11 is 0. The molecule has 1 aromatic rings. The molecule has 2 heterocycles. The average Bonchev–Trinajstić information content (AvgIpc) is 2.53. The smallest absolute Gasteiger partial charge is 0.285 e. The number of hydrogen-bond donors (Lipinski definition) is 2. The number of hydrogen-bond acceptors (Lipinski definition) is 2. The van der Waals surface area contributed by atoms with Crippen molar-refractivity contribution in [3.8, 4) is 0 Å². The van der Waals surface area contributed by atoms with Gasteiger partial charge in [0.05, 0.1) is 24.5 Å². The normalized spacial score (nSPS) is 20.6. The van der Waals surface area contributed by atoms with Crippen LogP contribution in [-0.2, 0) is 9.59 Å². The molecule has 1 fully saturated rings. The number of likely N-dealkylation sites (tertiary alicyclic amines) is 1. The zero-order valence-electron chi connectivity index (χ0n) is 12.4. The summed E-state index contributed by atoms with van der Waals surface area (Å²) in [5.41, 5.74) is 1.54. The molecule has 1 saturated heterocycles. The van der Waals surface area contributed by atoms with E-state index in [4.69, 9.17) is 0 Å². The van der Waals surface area contributed by atoms with Gasteiger partial charge in [-0.15, -0.1) is 0 Å². The van der Waals surface area contributed by atoms with Crippen LogP contribution in [0.2, 0.25) is 0 Å². The van der Waals surface area contributed by atoms with Gasteiger partial charge >= 0.3 is 0 Å². The monoisotopic (exact) mass is 288 g/mol. The molecule has 5 heteroatoms. The van der Waals surface area contributed by atoms with Crippen molar-refractivity contribution in [3.63, 3.8) is 0 Å². The Morgan fingerprint density at radius 2 is 1.95 bits per heavy atom. The van der Waals surface area contributed by atoms with Gasteiger partial charge < -0.3 is 10.2 Å². The Hall–Kier alpha value is -1.88. The van der Waals surface area contributed by atoms with Crippen LogP contribution < -0.4 is 15.1 Å². The minimum absolute atomic E-state index is 0.0502. The Bertz CT molecular complexity index is 552. The largest absolute Gasteiger partial charge is 0.325 e. The molecule has 0 radical (unpaired) electrons. The van der Waals surface area contributed by atoms with Gasteiger partial charge in [0.1, 0.15) is 6.54 Å². The molecule has 0 unspecified atom stereocenters. The van der Waals surface area contributed by atoms with Crippen molar-refractivity contribution >= 4 is 23.2 Å². The standard InChI is InChI=1S/C16H21N3O2/c1-12(18-9-5-2-6-10-18)16(21)19-11-15(20)17-13-7-3-4-8-14(13)19/h3-4,7-8,12H,2,5-6,9-11H2,1H3,(H,17,20)/p+1/t12-/m1/s1. The lowest BCUT2D eigenvalue weighted by Gasteiger charge is -2.34. The fourth-order valence-corrected chi connectivity index (χ4v) is 3.28.